The zero-order valence-corrected chi connectivity index (χ0v) is 13.3. The standard InChI is InChI=1S/C17H34N2/c1-14(2)10-18-11-17-7-8-19(13-17)12-16-6-4-5-15(3)9-16/h14-18H,4-13H2,1-3H3. The van der Waals surface area contributed by atoms with E-state index < -0.39 is 0 Å². The van der Waals surface area contributed by atoms with Gasteiger partial charge >= 0.3 is 0 Å². The van der Waals surface area contributed by atoms with Crippen LogP contribution in [0.3, 0.4) is 0 Å². The lowest BCUT2D eigenvalue weighted by molar-refractivity contribution is 0.199. The van der Waals surface area contributed by atoms with Gasteiger partial charge < -0.3 is 10.2 Å². The molecular weight excluding hydrogens is 232 g/mol. The van der Waals surface area contributed by atoms with Crippen LogP contribution in [0.25, 0.3) is 0 Å². The summed E-state index contributed by atoms with van der Waals surface area (Å²) in [6, 6.07) is 0. The van der Waals surface area contributed by atoms with Gasteiger partial charge in [0.1, 0.15) is 0 Å². The molecule has 2 nitrogen and oxygen atoms in total. The molecule has 0 amide bonds. The van der Waals surface area contributed by atoms with Crippen LogP contribution in [-0.4, -0.2) is 37.6 Å². The van der Waals surface area contributed by atoms with Crippen molar-refractivity contribution in [3.63, 3.8) is 0 Å². The summed E-state index contributed by atoms with van der Waals surface area (Å²) in [6.45, 7) is 13.5. The van der Waals surface area contributed by atoms with Gasteiger partial charge in [0, 0.05) is 13.1 Å². The van der Waals surface area contributed by atoms with E-state index in [9.17, 15) is 0 Å². The van der Waals surface area contributed by atoms with Crippen molar-refractivity contribution in [2.24, 2.45) is 23.7 Å². The van der Waals surface area contributed by atoms with Crippen LogP contribution >= 0.6 is 0 Å². The minimum atomic E-state index is 0.779. The molecule has 112 valence electrons. The smallest absolute Gasteiger partial charge is 0.00224 e. The predicted molar refractivity (Wildman–Crippen MR) is 83.4 cm³/mol. The molecule has 0 bridgehead atoms. The van der Waals surface area contributed by atoms with E-state index in [-0.39, 0.29) is 0 Å². The van der Waals surface area contributed by atoms with Crippen LogP contribution in [0.5, 0.6) is 0 Å². The minimum Gasteiger partial charge on any atom is -0.316 e. The number of nitrogens with zero attached hydrogens (tertiary/aromatic N) is 1. The summed E-state index contributed by atoms with van der Waals surface area (Å²) in [6.07, 6.45) is 7.31. The molecule has 19 heavy (non-hydrogen) atoms. The van der Waals surface area contributed by atoms with Gasteiger partial charge in [-0.3, -0.25) is 0 Å². The van der Waals surface area contributed by atoms with Gasteiger partial charge in [-0.1, -0.05) is 33.6 Å². The number of rotatable bonds is 6. The average Bonchev–Trinajstić information content (AvgIpc) is 2.76. The highest BCUT2D eigenvalue weighted by molar-refractivity contribution is 4.81. The van der Waals surface area contributed by atoms with Gasteiger partial charge in [0.05, 0.1) is 0 Å². The molecule has 3 atom stereocenters. The zero-order chi connectivity index (χ0) is 13.7. The second-order valence-electron chi connectivity index (χ2n) is 7.60. The Morgan fingerprint density at radius 3 is 2.74 bits per heavy atom. The molecule has 0 aromatic rings. The van der Waals surface area contributed by atoms with E-state index in [2.05, 4.69) is 31.0 Å². The Labute approximate surface area is 120 Å². The van der Waals surface area contributed by atoms with E-state index in [4.69, 9.17) is 0 Å². The van der Waals surface area contributed by atoms with E-state index in [1.54, 1.807) is 0 Å². The fourth-order valence-electron chi connectivity index (χ4n) is 3.91. The van der Waals surface area contributed by atoms with E-state index >= 15 is 0 Å². The monoisotopic (exact) mass is 266 g/mol. The van der Waals surface area contributed by atoms with E-state index in [1.165, 1.54) is 64.8 Å². The summed E-state index contributed by atoms with van der Waals surface area (Å²) in [5.74, 6) is 3.65. The Morgan fingerprint density at radius 1 is 1.16 bits per heavy atom. The van der Waals surface area contributed by atoms with Crippen molar-refractivity contribution in [3.8, 4) is 0 Å². The molecule has 0 radical (unpaired) electrons. The summed E-state index contributed by atoms with van der Waals surface area (Å²) in [5.41, 5.74) is 0. The van der Waals surface area contributed by atoms with Crippen LogP contribution < -0.4 is 5.32 Å². The molecule has 2 aliphatic rings. The van der Waals surface area contributed by atoms with Crippen molar-refractivity contribution in [2.75, 3.05) is 32.7 Å². The number of likely N-dealkylation sites (tertiary alicyclic amines) is 1. The maximum absolute atomic E-state index is 3.63. The summed E-state index contributed by atoms with van der Waals surface area (Å²) < 4.78 is 0. The summed E-state index contributed by atoms with van der Waals surface area (Å²) >= 11 is 0. The molecule has 1 saturated heterocycles. The summed E-state index contributed by atoms with van der Waals surface area (Å²) in [5, 5.41) is 3.63. The first-order valence-corrected chi connectivity index (χ1v) is 8.56. The fourth-order valence-corrected chi connectivity index (χ4v) is 3.91. The van der Waals surface area contributed by atoms with Crippen LogP contribution in [0, 0.1) is 23.7 Å². The Morgan fingerprint density at radius 2 is 2.00 bits per heavy atom. The zero-order valence-electron chi connectivity index (χ0n) is 13.3. The van der Waals surface area contributed by atoms with Crippen LogP contribution in [-0.2, 0) is 0 Å². The van der Waals surface area contributed by atoms with Crippen molar-refractivity contribution in [1.29, 1.82) is 0 Å². The minimum absolute atomic E-state index is 0.779. The summed E-state index contributed by atoms with van der Waals surface area (Å²) in [4.78, 5) is 2.74. The van der Waals surface area contributed by atoms with E-state index in [0.29, 0.717) is 0 Å². The first-order chi connectivity index (χ1) is 9.13. The molecule has 2 heteroatoms. The quantitative estimate of drug-likeness (QED) is 0.793. The third-order valence-corrected chi connectivity index (χ3v) is 4.92. The molecule has 1 heterocycles. The first kappa shape index (κ1) is 15.3. The molecule has 2 rings (SSSR count). The Balaban J connectivity index is 1.61. The number of hydrogen-bond acceptors (Lipinski definition) is 2. The van der Waals surface area contributed by atoms with Crippen molar-refractivity contribution in [2.45, 2.75) is 52.9 Å². The second kappa shape index (κ2) is 7.64. The van der Waals surface area contributed by atoms with Gasteiger partial charge in [-0.05, 0) is 62.6 Å². The lowest BCUT2D eigenvalue weighted by Crippen LogP contribution is -2.32. The SMILES string of the molecule is CC(C)CNCC1CCN(CC2CCCC(C)C2)C1. The lowest BCUT2D eigenvalue weighted by Gasteiger charge is -2.30. The molecule has 1 aliphatic heterocycles. The van der Waals surface area contributed by atoms with Gasteiger partial charge in [0.25, 0.3) is 0 Å². The van der Waals surface area contributed by atoms with Crippen molar-refractivity contribution < 1.29 is 0 Å². The van der Waals surface area contributed by atoms with Gasteiger partial charge in [0.2, 0.25) is 0 Å². The molecule has 1 N–H and O–H groups in total. The van der Waals surface area contributed by atoms with Gasteiger partial charge in [0.15, 0.2) is 0 Å². The van der Waals surface area contributed by atoms with Gasteiger partial charge in [-0.15, -0.1) is 0 Å². The largest absolute Gasteiger partial charge is 0.316 e. The van der Waals surface area contributed by atoms with Crippen LogP contribution in [0.15, 0.2) is 0 Å². The Hall–Kier alpha value is -0.0800. The highest BCUT2D eigenvalue weighted by atomic mass is 15.2. The molecule has 0 aromatic carbocycles. The normalized spacial score (nSPS) is 33.2. The van der Waals surface area contributed by atoms with Crippen molar-refractivity contribution >= 4 is 0 Å². The number of nitrogens with one attached hydrogen (secondary N) is 1. The van der Waals surface area contributed by atoms with Crippen molar-refractivity contribution in [3.05, 3.63) is 0 Å². The van der Waals surface area contributed by atoms with Crippen molar-refractivity contribution in [1.82, 2.24) is 10.2 Å². The molecule has 3 unspecified atom stereocenters. The first-order valence-electron chi connectivity index (χ1n) is 8.56. The predicted octanol–water partition coefficient (Wildman–Crippen LogP) is 3.38. The molecule has 2 fully saturated rings. The third kappa shape index (κ3) is 5.43. The summed E-state index contributed by atoms with van der Waals surface area (Å²) in [7, 11) is 0. The Kier molecular flexibility index (Phi) is 6.15. The van der Waals surface area contributed by atoms with Gasteiger partial charge in [-0.25, -0.2) is 0 Å². The maximum atomic E-state index is 3.63. The molecule has 0 aromatic heterocycles. The molecule has 0 spiro atoms. The molecule has 1 aliphatic carbocycles. The molecule has 1 saturated carbocycles. The Bertz CT molecular complexity index is 252. The average molecular weight is 266 g/mol. The molecular formula is C17H34N2. The fraction of sp³-hybridized carbons (Fsp3) is 1.00. The van der Waals surface area contributed by atoms with Crippen LogP contribution in [0.4, 0.5) is 0 Å². The second-order valence-corrected chi connectivity index (χ2v) is 7.60. The van der Waals surface area contributed by atoms with Crippen LogP contribution in [0.2, 0.25) is 0 Å². The highest BCUT2D eigenvalue weighted by Gasteiger charge is 2.26. The van der Waals surface area contributed by atoms with Crippen LogP contribution in [0.1, 0.15) is 52.9 Å². The van der Waals surface area contributed by atoms with E-state index in [0.717, 1.165) is 23.7 Å². The lowest BCUT2D eigenvalue weighted by atomic mass is 9.82. The van der Waals surface area contributed by atoms with E-state index in [1.807, 2.05) is 0 Å². The highest BCUT2D eigenvalue weighted by Crippen LogP contribution is 2.30. The third-order valence-electron chi connectivity index (χ3n) is 4.92. The maximum Gasteiger partial charge on any atom is 0.00224 e. The topological polar surface area (TPSA) is 15.3 Å². The number of hydrogen-bond donors (Lipinski definition) is 1. The van der Waals surface area contributed by atoms with Gasteiger partial charge in [-0.2, -0.15) is 0 Å².